The van der Waals surface area contributed by atoms with Crippen LogP contribution in [0.3, 0.4) is 0 Å². The summed E-state index contributed by atoms with van der Waals surface area (Å²) in [6.07, 6.45) is 0.678. The summed E-state index contributed by atoms with van der Waals surface area (Å²) in [7, 11) is -1.92. The molecule has 2 atom stereocenters. The normalized spacial score (nSPS) is 20.1. The van der Waals surface area contributed by atoms with Crippen molar-refractivity contribution in [1.29, 1.82) is 0 Å². The highest BCUT2D eigenvalue weighted by Crippen LogP contribution is 2.39. The van der Waals surface area contributed by atoms with Crippen molar-refractivity contribution in [3.05, 3.63) is 60.2 Å². The van der Waals surface area contributed by atoms with Gasteiger partial charge in [-0.2, -0.15) is 0 Å². The van der Waals surface area contributed by atoms with E-state index in [-0.39, 0.29) is 29.7 Å². The second-order valence-electron chi connectivity index (χ2n) is 9.47. The Morgan fingerprint density at radius 2 is 1.66 bits per heavy atom. The molecule has 3 rings (SSSR count). The van der Waals surface area contributed by atoms with Gasteiger partial charge in [-0.3, -0.25) is 4.79 Å². The van der Waals surface area contributed by atoms with Gasteiger partial charge in [-0.25, -0.2) is 0 Å². The summed E-state index contributed by atoms with van der Waals surface area (Å²) >= 11 is 0. The molecule has 0 aliphatic carbocycles. The Balaban J connectivity index is 1.73. The van der Waals surface area contributed by atoms with Crippen LogP contribution in [0.4, 0.5) is 0 Å². The van der Waals surface area contributed by atoms with Gasteiger partial charge in [0.25, 0.3) is 5.91 Å². The maximum absolute atomic E-state index is 13.1. The molecule has 0 spiro atoms. The maximum atomic E-state index is 13.1. The largest absolute Gasteiger partial charge is 0.412 e. The van der Waals surface area contributed by atoms with Crippen molar-refractivity contribution in [1.82, 2.24) is 4.90 Å². The summed E-state index contributed by atoms with van der Waals surface area (Å²) in [5.74, 6) is -0.0370. The zero-order valence-electron chi connectivity index (χ0n) is 18.2. The van der Waals surface area contributed by atoms with Crippen LogP contribution in [0.25, 0.3) is 11.1 Å². The first-order valence-corrected chi connectivity index (χ1v) is 13.3. The van der Waals surface area contributed by atoms with Crippen LogP contribution in [0.15, 0.2) is 54.6 Å². The third kappa shape index (κ3) is 4.79. The van der Waals surface area contributed by atoms with Gasteiger partial charge in [0.2, 0.25) is 0 Å². The summed E-state index contributed by atoms with van der Waals surface area (Å²) in [4.78, 5) is 14.9. The van der Waals surface area contributed by atoms with Crippen molar-refractivity contribution in [3.8, 4) is 11.1 Å². The minimum Gasteiger partial charge on any atom is -0.412 e. The Bertz CT molecular complexity index is 827. The van der Waals surface area contributed by atoms with E-state index in [1.54, 1.807) is 4.90 Å². The van der Waals surface area contributed by atoms with Gasteiger partial charge in [0.1, 0.15) is 0 Å². The van der Waals surface area contributed by atoms with Crippen LogP contribution in [0.2, 0.25) is 18.1 Å². The monoisotopic (exact) mass is 411 g/mol. The number of carbonyl (C=O) groups is 1. The fourth-order valence-electron chi connectivity index (χ4n) is 3.58. The molecule has 1 N–H and O–H groups in total. The SMILES string of the molecule is CC(C)(C)[Si](C)(C)OC1C[C@@H](CO)N(C(=O)c2ccc(-c3ccccc3)cc2)C1. The zero-order chi connectivity index (χ0) is 21.2. The van der Waals surface area contributed by atoms with E-state index in [4.69, 9.17) is 4.43 Å². The Labute approximate surface area is 175 Å². The molecule has 1 unspecified atom stereocenters. The highest BCUT2D eigenvalue weighted by atomic mass is 28.4. The van der Waals surface area contributed by atoms with Crippen LogP contribution in [-0.2, 0) is 4.43 Å². The molecule has 0 radical (unpaired) electrons. The number of carbonyl (C=O) groups excluding carboxylic acids is 1. The first-order valence-electron chi connectivity index (χ1n) is 10.4. The lowest BCUT2D eigenvalue weighted by Gasteiger charge is -2.38. The van der Waals surface area contributed by atoms with E-state index in [0.29, 0.717) is 18.5 Å². The van der Waals surface area contributed by atoms with Gasteiger partial charge >= 0.3 is 0 Å². The van der Waals surface area contributed by atoms with Crippen molar-refractivity contribution in [2.75, 3.05) is 13.2 Å². The van der Waals surface area contributed by atoms with Gasteiger partial charge in [-0.05, 0) is 47.8 Å². The van der Waals surface area contributed by atoms with Crippen molar-refractivity contribution >= 4 is 14.2 Å². The molecule has 0 bridgehead atoms. The van der Waals surface area contributed by atoms with Gasteiger partial charge in [0, 0.05) is 12.1 Å². The van der Waals surface area contributed by atoms with E-state index < -0.39 is 8.32 Å². The predicted molar refractivity (Wildman–Crippen MR) is 120 cm³/mol. The molecule has 156 valence electrons. The van der Waals surface area contributed by atoms with Crippen LogP contribution < -0.4 is 0 Å². The topological polar surface area (TPSA) is 49.8 Å². The lowest BCUT2D eigenvalue weighted by molar-refractivity contribution is 0.0666. The summed E-state index contributed by atoms with van der Waals surface area (Å²) in [6, 6.07) is 17.6. The molecule has 2 aromatic rings. The Morgan fingerprint density at radius 3 is 2.21 bits per heavy atom. The first kappa shape index (κ1) is 21.7. The van der Waals surface area contributed by atoms with E-state index in [1.165, 1.54) is 0 Å². The van der Waals surface area contributed by atoms with E-state index in [0.717, 1.165) is 11.1 Å². The maximum Gasteiger partial charge on any atom is 0.254 e. The fourth-order valence-corrected chi connectivity index (χ4v) is 4.93. The molecule has 1 heterocycles. The summed E-state index contributed by atoms with van der Waals surface area (Å²) in [5, 5.41) is 9.98. The molecule has 5 heteroatoms. The Morgan fingerprint density at radius 1 is 1.07 bits per heavy atom. The molecule has 1 aliphatic heterocycles. The van der Waals surface area contributed by atoms with Gasteiger partial charge in [-0.1, -0.05) is 63.2 Å². The van der Waals surface area contributed by atoms with Crippen LogP contribution in [0.1, 0.15) is 37.6 Å². The van der Waals surface area contributed by atoms with Crippen molar-refractivity contribution in [2.45, 2.75) is 57.5 Å². The molecule has 4 nitrogen and oxygen atoms in total. The molecule has 1 fully saturated rings. The number of rotatable bonds is 5. The number of aliphatic hydroxyl groups is 1. The second kappa shape index (κ2) is 8.42. The van der Waals surface area contributed by atoms with Crippen molar-refractivity contribution in [2.24, 2.45) is 0 Å². The third-order valence-corrected chi connectivity index (χ3v) is 10.9. The average molecular weight is 412 g/mol. The van der Waals surface area contributed by atoms with Gasteiger partial charge in [0.05, 0.1) is 18.8 Å². The molecule has 0 aromatic heterocycles. The summed E-state index contributed by atoms with van der Waals surface area (Å²) in [6.45, 7) is 11.6. The Hall–Kier alpha value is -1.95. The minimum atomic E-state index is -1.92. The molecule has 1 amide bonds. The number of amides is 1. The Kier molecular flexibility index (Phi) is 6.32. The lowest BCUT2D eigenvalue weighted by Crippen LogP contribution is -2.44. The number of benzene rings is 2. The van der Waals surface area contributed by atoms with Crippen LogP contribution in [-0.4, -0.2) is 49.5 Å². The average Bonchev–Trinajstić information content (AvgIpc) is 3.09. The molecular weight excluding hydrogens is 378 g/mol. The highest BCUT2D eigenvalue weighted by Gasteiger charge is 2.43. The minimum absolute atomic E-state index is 0.0133. The molecule has 1 saturated heterocycles. The number of likely N-dealkylation sites (tertiary alicyclic amines) is 1. The number of hydrogen-bond donors (Lipinski definition) is 1. The first-order chi connectivity index (χ1) is 13.6. The third-order valence-electron chi connectivity index (χ3n) is 6.35. The quantitative estimate of drug-likeness (QED) is 0.708. The van der Waals surface area contributed by atoms with Crippen LogP contribution in [0.5, 0.6) is 0 Å². The summed E-state index contributed by atoms with van der Waals surface area (Å²) < 4.78 is 6.52. The van der Waals surface area contributed by atoms with Crippen LogP contribution in [0, 0.1) is 0 Å². The predicted octanol–water partition coefficient (Wildman–Crippen LogP) is 4.95. The fraction of sp³-hybridized carbons (Fsp3) is 0.458. The van der Waals surface area contributed by atoms with Crippen molar-refractivity contribution in [3.63, 3.8) is 0 Å². The van der Waals surface area contributed by atoms with E-state index in [2.05, 4.69) is 46.0 Å². The van der Waals surface area contributed by atoms with Crippen LogP contribution >= 0.6 is 0 Å². The summed E-state index contributed by atoms with van der Waals surface area (Å²) in [5.41, 5.74) is 2.86. The van der Waals surface area contributed by atoms with Gasteiger partial charge in [-0.15, -0.1) is 0 Å². The zero-order valence-corrected chi connectivity index (χ0v) is 19.2. The lowest BCUT2D eigenvalue weighted by atomic mass is 10.0. The van der Waals surface area contributed by atoms with E-state index >= 15 is 0 Å². The molecule has 1 aliphatic rings. The number of nitrogens with zero attached hydrogens (tertiary/aromatic N) is 1. The molecule has 2 aromatic carbocycles. The van der Waals surface area contributed by atoms with Crippen molar-refractivity contribution < 1.29 is 14.3 Å². The standard InChI is InChI=1S/C24H33NO3Si/c1-24(2,3)29(4,5)28-22-15-21(17-26)25(16-22)23(27)20-13-11-19(12-14-20)18-9-7-6-8-10-18/h6-14,21-22,26H,15-17H2,1-5H3/t21-,22?/m0/s1. The number of hydrogen-bond acceptors (Lipinski definition) is 3. The van der Waals surface area contributed by atoms with Gasteiger partial charge in [0.15, 0.2) is 8.32 Å². The molecular formula is C24H33NO3Si. The molecule has 0 saturated carbocycles. The highest BCUT2D eigenvalue weighted by molar-refractivity contribution is 6.74. The second-order valence-corrected chi connectivity index (χ2v) is 14.2. The number of aliphatic hydroxyl groups excluding tert-OH is 1. The molecule has 29 heavy (non-hydrogen) atoms. The van der Waals surface area contributed by atoms with E-state index in [1.807, 2.05) is 42.5 Å². The van der Waals surface area contributed by atoms with E-state index in [9.17, 15) is 9.90 Å². The smallest absolute Gasteiger partial charge is 0.254 e. The van der Waals surface area contributed by atoms with Gasteiger partial charge < -0.3 is 14.4 Å².